The Balaban J connectivity index is 1.97. The zero-order chi connectivity index (χ0) is 17.2. The second-order valence-corrected chi connectivity index (χ2v) is 4.83. The first-order valence-electron chi connectivity index (χ1n) is 7.99. The number of hydrogen-bond acceptors (Lipinski definition) is 6. The normalized spacial score (nSPS) is 10.4. The molecule has 0 aromatic carbocycles. The van der Waals surface area contributed by atoms with Gasteiger partial charge in [0.15, 0.2) is 0 Å². The average molecular weight is 333 g/mol. The Morgan fingerprint density at radius 3 is 2.92 bits per heavy atom. The van der Waals surface area contributed by atoms with Crippen LogP contribution in [-0.4, -0.2) is 42.4 Å². The van der Waals surface area contributed by atoms with Crippen LogP contribution in [0.3, 0.4) is 0 Å². The molecule has 7 heteroatoms. The maximum Gasteiger partial charge on any atom is 0.356 e. The van der Waals surface area contributed by atoms with Gasteiger partial charge < -0.3 is 24.5 Å². The van der Waals surface area contributed by atoms with Crippen LogP contribution in [-0.2, 0) is 16.0 Å². The van der Waals surface area contributed by atoms with E-state index in [0.29, 0.717) is 50.1 Å². The van der Waals surface area contributed by atoms with Gasteiger partial charge in [0.2, 0.25) is 0 Å². The molecule has 0 spiro atoms. The van der Waals surface area contributed by atoms with E-state index in [1.807, 2.05) is 19.1 Å². The van der Waals surface area contributed by atoms with E-state index in [1.165, 1.54) is 0 Å². The third-order valence-corrected chi connectivity index (χ3v) is 3.21. The van der Waals surface area contributed by atoms with Crippen LogP contribution in [0.25, 0.3) is 0 Å². The summed E-state index contributed by atoms with van der Waals surface area (Å²) >= 11 is 0. The summed E-state index contributed by atoms with van der Waals surface area (Å²) in [6.45, 7) is 6.12. The summed E-state index contributed by atoms with van der Waals surface area (Å²) in [5.74, 6) is 0.303. The van der Waals surface area contributed by atoms with Crippen LogP contribution < -0.4 is 10.1 Å². The van der Waals surface area contributed by atoms with Gasteiger partial charge in [-0.1, -0.05) is 0 Å². The molecule has 7 nitrogen and oxygen atoms in total. The van der Waals surface area contributed by atoms with Crippen LogP contribution in [0.4, 0.5) is 5.69 Å². The van der Waals surface area contributed by atoms with Gasteiger partial charge in [0, 0.05) is 19.0 Å². The second-order valence-electron chi connectivity index (χ2n) is 4.83. The van der Waals surface area contributed by atoms with Gasteiger partial charge in [-0.15, -0.1) is 0 Å². The Morgan fingerprint density at radius 1 is 1.25 bits per heavy atom. The van der Waals surface area contributed by atoms with E-state index in [4.69, 9.17) is 14.2 Å². The highest BCUT2D eigenvalue weighted by atomic mass is 16.5. The molecule has 2 aromatic heterocycles. The van der Waals surface area contributed by atoms with E-state index in [-0.39, 0.29) is 5.97 Å². The van der Waals surface area contributed by atoms with E-state index in [1.54, 1.807) is 25.4 Å². The summed E-state index contributed by atoms with van der Waals surface area (Å²) in [7, 11) is 0. The fraction of sp³-hybridized carbons (Fsp3) is 0.412. The molecule has 0 amide bonds. The topological polar surface area (TPSA) is 85.5 Å². The van der Waals surface area contributed by atoms with Gasteiger partial charge in [-0.2, -0.15) is 0 Å². The van der Waals surface area contributed by atoms with Crippen LogP contribution in [0.5, 0.6) is 5.75 Å². The van der Waals surface area contributed by atoms with Crippen molar-refractivity contribution >= 4 is 11.7 Å². The molecular weight excluding hydrogens is 310 g/mol. The number of pyridine rings is 1. The molecule has 2 aromatic rings. The van der Waals surface area contributed by atoms with Crippen molar-refractivity contribution in [3.63, 3.8) is 0 Å². The zero-order valence-corrected chi connectivity index (χ0v) is 14.0. The molecule has 0 saturated carbocycles. The molecule has 24 heavy (non-hydrogen) atoms. The Labute approximate surface area is 141 Å². The van der Waals surface area contributed by atoms with Gasteiger partial charge in [-0.25, -0.2) is 4.79 Å². The molecule has 0 unspecified atom stereocenters. The quantitative estimate of drug-likeness (QED) is 0.513. The summed E-state index contributed by atoms with van der Waals surface area (Å²) in [4.78, 5) is 19.1. The Morgan fingerprint density at radius 2 is 2.12 bits per heavy atom. The number of rotatable bonds is 10. The average Bonchev–Trinajstić information content (AvgIpc) is 3.06. The molecular formula is C17H23N3O4. The zero-order valence-electron chi connectivity index (χ0n) is 14.0. The van der Waals surface area contributed by atoms with E-state index < -0.39 is 0 Å². The predicted octanol–water partition coefficient (Wildman–Crippen LogP) is 2.61. The Bertz CT molecular complexity index is 642. The highest BCUT2D eigenvalue weighted by Gasteiger charge is 2.14. The van der Waals surface area contributed by atoms with Crippen LogP contribution in [0.15, 0.2) is 30.6 Å². The van der Waals surface area contributed by atoms with E-state index in [2.05, 4.69) is 15.3 Å². The van der Waals surface area contributed by atoms with Crippen LogP contribution in [0, 0.1) is 0 Å². The predicted molar refractivity (Wildman–Crippen MR) is 90.3 cm³/mol. The monoisotopic (exact) mass is 333 g/mol. The number of nitrogens with one attached hydrogen (secondary N) is 2. The molecule has 0 bridgehead atoms. The van der Waals surface area contributed by atoms with Crippen molar-refractivity contribution < 1.29 is 19.0 Å². The van der Waals surface area contributed by atoms with Crippen LogP contribution >= 0.6 is 0 Å². The molecule has 2 heterocycles. The number of ether oxygens (including phenoxy) is 3. The lowest BCUT2D eigenvalue weighted by atomic mass is 10.3. The third-order valence-electron chi connectivity index (χ3n) is 3.21. The number of aromatic amines is 1. The molecule has 0 aliphatic heterocycles. The van der Waals surface area contributed by atoms with Crippen molar-refractivity contribution in [3.05, 3.63) is 42.0 Å². The Hall–Kier alpha value is -2.54. The van der Waals surface area contributed by atoms with Crippen molar-refractivity contribution in [2.45, 2.75) is 20.4 Å². The molecule has 0 aliphatic rings. The van der Waals surface area contributed by atoms with E-state index in [9.17, 15) is 4.79 Å². The lowest BCUT2D eigenvalue weighted by Crippen LogP contribution is -2.12. The number of carbonyl (C=O) groups excluding carboxylic acids is 1. The number of anilines is 1. The molecule has 0 radical (unpaired) electrons. The molecule has 2 N–H and O–H groups in total. The minimum atomic E-state index is -0.390. The van der Waals surface area contributed by atoms with Gasteiger partial charge in [0.05, 0.1) is 25.4 Å². The van der Waals surface area contributed by atoms with Crippen LogP contribution in [0.2, 0.25) is 0 Å². The highest BCUT2D eigenvalue weighted by Crippen LogP contribution is 2.19. The first-order chi connectivity index (χ1) is 11.8. The highest BCUT2D eigenvalue weighted by molar-refractivity contribution is 5.93. The van der Waals surface area contributed by atoms with Crippen molar-refractivity contribution in [1.29, 1.82) is 0 Å². The SMILES string of the molecule is CCOCCOc1cccnc1CNc1cc[nH]c1C(=O)OCC. The lowest BCUT2D eigenvalue weighted by Gasteiger charge is -2.12. The number of esters is 1. The number of hydrogen-bond donors (Lipinski definition) is 2. The summed E-state index contributed by atoms with van der Waals surface area (Å²) in [6.07, 6.45) is 3.39. The number of carbonyl (C=O) groups is 1. The van der Waals surface area contributed by atoms with Crippen molar-refractivity contribution in [3.8, 4) is 5.75 Å². The molecule has 0 saturated heterocycles. The maximum atomic E-state index is 11.9. The smallest absolute Gasteiger partial charge is 0.356 e. The molecule has 130 valence electrons. The molecule has 2 rings (SSSR count). The first-order valence-corrected chi connectivity index (χ1v) is 7.99. The molecule has 0 atom stereocenters. The fourth-order valence-electron chi connectivity index (χ4n) is 2.11. The van der Waals surface area contributed by atoms with E-state index >= 15 is 0 Å². The van der Waals surface area contributed by atoms with Gasteiger partial charge >= 0.3 is 5.97 Å². The van der Waals surface area contributed by atoms with Crippen molar-refractivity contribution in [1.82, 2.24) is 9.97 Å². The minimum Gasteiger partial charge on any atom is -0.489 e. The number of H-pyrrole nitrogens is 1. The summed E-state index contributed by atoms with van der Waals surface area (Å²) < 4.78 is 16.0. The molecule has 0 aliphatic carbocycles. The molecule has 0 fully saturated rings. The van der Waals surface area contributed by atoms with Crippen LogP contribution in [0.1, 0.15) is 30.0 Å². The van der Waals surface area contributed by atoms with Crippen molar-refractivity contribution in [2.24, 2.45) is 0 Å². The summed E-state index contributed by atoms with van der Waals surface area (Å²) in [5.41, 5.74) is 1.82. The van der Waals surface area contributed by atoms with E-state index in [0.717, 1.165) is 5.69 Å². The standard InChI is InChI=1S/C17H23N3O4/c1-3-22-10-11-24-15-6-5-8-18-14(15)12-20-13-7-9-19-16(13)17(21)23-4-2/h5-9,19-20H,3-4,10-12H2,1-2H3. The third kappa shape index (κ3) is 4.99. The number of nitrogens with zero attached hydrogens (tertiary/aromatic N) is 1. The number of aromatic nitrogens is 2. The lowest BCUT2D eigenvalue weighted by molar-refractivity contribution is 0.0521. The maximum absolute atomic E-state index is 11.9. The fourth-order valence-corrected chi connectivity index (χ4v) is 2.11. The van der Waals surface area contributed by atoms with Crippen molar-refractivity contribution in [2.75, 3.05) is 31.7 Å². The largest absolute Gasteiger partial charge is 0.489 e. The van der Waals surface area contributed by atoms with Gasteiger partial charge in [0.1, 0.15) is 23.7 Å². The van der Waals surface area contributed by atoms with Gasteiger partial charge in [0.25, 0.3) is 0 Å². The van der Waals surface area contributed by atoms with Gasteiger partial charge in [-0.05, 0) is 32.0 Å². The van der Waals surface area contributed by atoms with Gasteiger partial charge in [-0.3, -0.25) is 4.98 Å². The minimum absolute atomic E-state index is 0.329. The summed E-state index contributed by atoms with van der Waals surface area (Å²) in [5, 5.41) is 3.19. The summed E-state index contributed by atoms with van der Waals surface area (Å²) in [6, 6.07) is 5.46. The second kappa shape index (κ2) is 9.57. The first kappa shape index (κ1) is 17.8. The Kier molecular flexibility index (Phi) is 7.10.